The van der Waals surface area contributed by atoms with Crippen LogP contribution in [0.3, 0.4) is 0 Å². The third-order valence-electron chi connectivity index (χ3n) is 2.01. The Morgan fingerprint density at radius 3 is 2.85 bits per heavy atom. The summed E-state index contributed by atoms with van der Waals surface area (Å²) in [5, 5.41) is 8.69. The lowest BCUT2D eigenvalue weighted by Gasteiger charge is -2.03. The Hall–Kier alpha value is -1.55. The predicted molar refractivity (Wildman–Crippen MR) is 55.2 cm³/mol. The molecule has 0 unspecified atom stereocenters. The van der Waals surface area contributed by atoms with Crippen molar-refractivity contribution in [3.63, 3.8) is 0 Å². The van der Waals surface area contributed by atoms with Crippen molar-refractivity contribution in [2.75, 3.05) is 0 Å². The molecule has 0 fully saturated rings. The fourth-order valence-corrected chi connectivity index (χ4v) is 1.35. The Bertz CT molecular complexity index is 345. The molecular weight excluding hydrogens is 158 g/mol. The van der Waals surface area contributed by atoms with E-state index in [1.807, 2.05) is 24.3 Å². The number of hydrogen-bond donors (Lipinski definition) is 0. The Morgan fingerprint density at radius 2 is 2.31 bits per heavy atom. The third kappa shape index (κ3) is 2.19. The first-order valence-electron chi connectivity index (χ1n) is 4.47. The van der Waals surface area contributed by atoms with E-state index >= 15 is 0 Å². The van der Waals surface area contributed by atoms with Crippen LogP contribution in [0.5, 0.6) is 0 Å². The van der Waals surface area contributed by atoms with Gasteiger partial charge in [0, 0.05) is 0 Å². The molecule has 0 aliphatic heterocycles. The highest BCUT2D eigenvalue weighted by Gasteiger charge is 1.99. The fraction of sp³-hybridized carbons (Fsp3) is 0.250. The van der Waals surface area contributed by atoms with Crippen LogP contribution in [-0.4, -0.2) is 0 Å². The summed E-state index contributed by atoms with van der Waals surface area (Å²) in [6, 6.07) is 7.88. The van der Waals surface area contributed by atoms with Gasteiger partial charge in [-0.15, -0.1) is 0 Å². The predicted octanol–water partition coefficient (Wildman–Crippen LogP) is 3.15. The van der Waals surface area contributed by atoms with Gasteiger partial charge in [0.1, 0.15) is 0 Å². The van der Waals surface area contributed by atoms with Gasteiger partial charge in [0.2, 0.25) is 0 Å². The number of rotatable bonds is 3. The molecule has 1 aromatic carbocycles. The Morgan fingerprint density at radius 1 is 1.54 bits per heavy atom. The number of nitriles is 1. The summed E-state index contributed by atoms with van der Waals surface area (Å²) >= 11 is 0. The van der Waals surface area contributed by atoms with E-state index in [4.69, 9.17) is 5.26 Å². The molecule has 0 saturated carbocycles. The molecule has 1 nitrogen and oxygen atoms in total. The van der Waals surface area contributed by atoms with Gasteiger partial charge in [0.25, 0.3) is 0 Å². The smallest absolute Gasteiger partial charge is 0.0991 e. The maximum absolute atomic E-state index is 8.69. The summed E-state index contributed by atoms with van der Waals surface area (Å²) < 4.78 is 0. The highest BCUT2D eigenvalue weighted by molar-refractivity contribution is 5.55. The van der Waals surface area contributed by atoms with E-state index in [-0.39, 0.29) is 0 Å². The zero-order valence-electron chi connectivity index (χ0n) is 7.88. The minimum Gasteiger partial charge on any atom is -0.192 e. The lowest BCUT2D eigenvalue weighted by molar-refractivity contribution is 0.919. The van der Waals surface area contributed by atoms with E-state index in [1.165, 1.54) is 5.56 Å². The van der Waals surface area contributed by atoms with Gasteiger partial charge in [-0.2, -0.15) is 5.26 Å². The summed E-state index contributed by atoms with van der Waals surface area (Å²) in [5.41, 5.74) is 3.06. The summed E-state index contributed by atoms with van der Waals surface area (Å²) in [6.45, 7) is 5.88. The van der Waals surface area contributed by atoms with Crippen molar-refractivity contribution in [1.29, 1.82) is 5.26 Å². The average molecular weight is 171 g/mol. The molecule has 13 heavy (non-hydrogen) atoms. The van der Waals surface area contributed by atoms with Gasteiger partial charge in [0.15, 0.2) is 0 Å². The maximum atomic E-state index is 8.69. The third-order valence-corrected chi connectivity index (χ3v) is 2.01. The van der Waals surface area contributed by atoms with E-state index < -0.39 is 0 Å². The van der Waals surface area contributed by atoms with Crippen LogP contribution in [0.2, 0.25) is 0 Å². The number of hydrogen-bond acceptors (Lipinski definition) is 1. The molecule has 0 heterocycles. The average Bonchev–Trinajstić information content (AvgIpc) is 2.19. The minimum absolute atomic E-state index is 0.703. The molecule has 66 valence electrons. The van der Waals surface area contributed by atoms with Crippen LogP contribution in [-0.2, 0) is 6.42 Å². The zero-order valence-corrected chi connectivity index (χ0v) is 7.88. The van der Waals surface area contributed by atoms with Gasteiger partial charge in [-0.05, 0) is 29.7 Å². The second-order valence-electron chi connectivity index (χ2n) is 2.98. The number of benzene rings is 1. The second kappa shape index (κ2) is 4.47. The van der Waals surface area contributed by atoms with E-state index in [9.17, 15) is 0 Å². The first kappa shape index (κ1) is 9.54. The van der Waals surface area contributed by atoms with Crippen molar-refractivity contribution >= 4 is 6.08 Å². The number of nitrogens with zero attached hydrogens (tertiary/aromatic N) is 1. The molecule has 0 radical (unpaired) electrons. The normalized spacial score (nSPS) is 9.23. The highest BCUT2D eigenvalue weighted by Crippen LogP contribution is 2.14. The quantitative estimate of drug-likeness (QED) is 0.685. The lowest BCUT2D eigenvalue weighted by Crippen LogP contribution is -1.89. The van der Waals surface area contributed by atoms with Crippen molar-refractivity contribution in [2.45, 2.75) is 19.8 Å². The van der Waals surface area contributed by atoms with Crippen LogP contribution < -0.4 is 0 Å². The standard InChI is InChI=1S/C12H13N/c1-3-5-12-7-6-10(9-13)8-11(12)4-2/h4,6-8H,2-3,5H2,1H3. The van der Waals surface area contributed by atoms with Crippen LogP contribution in [0.15, 0.2) is 24.8 Å². The second-order valence-corrected chi connectivity index (χ2v) is 2.98. The Labute approximate surface area is 79.3 Å². The summed E-state index contributed by atoms with van der Waals surface area (Å²) in [4.78, 5) is 0. The molecule has 0 N–H and O–H groups in total. The maximum Gasteiger partial charge on any atom is 0.0991 e. The van der Waals surface area contributed by atoms with Gasteiger partial charge in [-0.1, -0.05) is 32.1 Å². The summed E-state index contributed by atoms with van der Waals surface area (Å²) in [5.74, 6) is 0. The summed E-state index contributed by atoms with van der Waals surface area (Å²) in [6.07, 6.45) is 3.98. The molecule has 0 atom stereocenters. The monoisotopic (exact) mass is 171 g/mol. The highest BCUT2D eigenvalue weighted by atomic mass is 14.2. The molecule has 0 aliphatic carbocycles. The molecule has 0 aromatic heterocycles. The largest absolute Gasteiger partial charge is 0.192 e. The van der Waals surface area contributed by atoms with E-state index in [0.717, 1.165) is 18.4 Å². The lowest BCUT2D eigenvalue weighted by atomic mass is 10.0. The Kier molecular flexibility index (Phi) is 3.28. The minimum atomic E-state index is 0.703. The van der Waals surface area contributed by atoms with E-state index in [1.54, 1.807) is 0 Å². The van der Waals surface area contributed by atoms with Crippen LogP contribution >= 0.6 is 0 Å². The van der Waals surface area contributed by atoms with Gasteiger partial charge >= 0.3 is 0 Å². The van der Waals surface area contributed by atoms with Crippen molar-refractivity contribution in [3.05, 3.63) is 41.5 Å². The Balaban J connectivity index is 3.09. The molecule has 0 aliphatic rings. The van der Waals surface area contributed by atoms with E-state index in [0.29, 0.717) is 5.56 Å². The molecule has 0 bridgehead atoms. The zero-order chi connectivity index (χ0) is 9.68. The SMILES string of the molecule is C=Cc1cc(C#N)ccc1CCC. The van der Waals surface area contributed by atoms with Crippen molar-refractivity contribution in [1.82, 2.24) is 0 Å². The molecule has 1 rings (SSSR count). The molecule has 0 spiro atoms. The van der Waals surface area contributed by atoms with Gasteiger partial charge in [-0.25, -0.2) is 0 Å². The molecule has 1 aromatic rings. The molecule has 0 saturated heterocycles. The van der Waals surface area contributed by atoms with Gasteiger partial charge < -0.3 is 0 Å². The van der Waals surface area contributed by atoms with E-state index in [2.05, 4.69) is 19.6 Å². The van der Waals surface area contributed by atoms with Crippen molar-refractivity contribution in [3.8, 4) is 6.07 Å². The first-order chi connectivity index (χ1) is 6.31. The van der Waals surface area contributed by atoms with Crippen LogP contribution in [0, 0.1) is 11.3 Å². The molecular formula is C12H13N. The van der Waals surface area contributed by atoms with Crippen molar-refractivity contribution < 1.29 is 0 Å². The fourth-order valence-electron chi connectivity index (χ4n) is 1.35. The topological polar surface area (TPSA) is 23.8 Å². The van der Waals surface area contributed by atoms with Crippen molar-refractivity contribution in [2.24, 2.45) is 0 Å². The molecule has 1 heteroatoms. The van der Waals surface area contributed by atoms with Gasteiger partial charge in [-0.3, -0.25) is 0 Å². The number of aryl methyl sites for hydroxylation is 1. The molecule has 0 amide bonds. The van der Waals surface area contributed by atoms with Crippen LogP contribution in [0.1, 0.15) is 30.0 Å². The summed E-state index contributed by atoms with van der Waals surface area (Å²) in [7, 11) is 0. The van der Waals surface area contributed by atoms with Crippen LogP contribution in [0.25, 0.3) is 6.08 Å². The van der Waals surface area contributed by atoms with Gasteiger partial charge in [0.05, 0.1) is 11.6 Å². The van der Waals surface area contributed by atoms with Crippen LogP contribution in [0.4, 0.5) is 0 Å². The first-order valence-corrected chi connectivity index (χ1v) is 4.47.